The molecule has 0 unspecified atom stereocenters. The van der Waals surface area contributed by atoms with Crippen LogP contribution in [-0.4, -0.2) is 48.3 Å². The van der Waals surface area contributed by atoms with Gasteiger partial charge < -0.3 is 10.1 Å². The molecule has 1 N–H and O–H groups in total. The van der Waals surface area contributed by atoms with Crippen LogP contribution in [-0.2, 0) is 4.74 Å². The first-order valence-electron chi connectivity index (χ1n) is 6.53. The van der Waals surface area contributed by atoms with Gasteiger partial charge in [0.25, 0.3) is 0 Å². The molecule has 0 amide bonds. The number of piperidine rings is 1. The Morgan fingerprint density at radius 1 is 1.00 bits per heavy atom. The lowest BCUT2D eigenvalue weighted by Crippen LogP contribution is -2.60. The van der Waals surface area contributed by atoms with Gasteiger partial charge in [0.2, 0.25) is 0 Å². The van der Waals surface area contributed by atoms with Gasteiger partial charge in [0.05, 0.1) is 11.2 Å². The first kappa shape index (κ1) is 12.3. The monoisotopic (exact) mass is 226 g/mol. The van der Waals surface area contributed by atoms with Crippen LogP contribution >= 0.6 is 0 Å². The average molecular weight is 226 g/mol. The lowest BCUT2D eigenvalue weighted by Gasteiger charge is -2.50. The maximum Gasteiger partial charge on any atom is 0.0760 e. The van der Waals surface area contributed by atoms with Crippen LogP contribution in [0.4, 0.5) is 0 Å². The highest BCUT2D eigenvalue weighted by molar-refractivity contribution is 4.92. The SMILES string of the molecule is CC1(C)CN(C2CCNCC2)CC(C)(C)O1. The first-order chi connectivity index (χ1) is 7.38. The minimum atomic E-state index is -0.00732. The minimum Gasteiger partial charge on any atom is -0.367 e. The predicted octanol–water partition coefficient (Wildman–Crippen LogP) is 1.63. The molecule has 2 aliphatic heterocycles. The molecule has 2 fully saturated rings. The van der Waals surface area contributed by atoms with E-state index >= 15 is 0 Å². The predicted molar refractivity (Wildman–Crippen MR) is 66.7 cm³/mol. The standard InChI is InChI=1S/C13H26N2O/c1-12(2)9-15(10-13(3,4)16-12)11-5-7-14-8-6-11/h11,14H,5-10H2,1-4H3. The second kappa shape index (κ2) is 4.28. The minimum absolute atomic E-state index is 0.00732. The van der Waals surface area contributed by atoms with E-state index in [1.165, 1.54) is 25.9 Å². The fourth-order valence-corrected chi connectivity index (χ4v) is 3.28. The Kier molecular flexibility index (Phi) is 3.30. The van der Waals surface area contributed by atoms with Crippen LogP contribution in [0, 0.1) is 0 Å². The Bertz CT molecular complexity index is 228. The van der Waals surface area contributed by atoms with Gasteiger partial charge in [-0.05, 0) is 53.6 Å². The average Bonchev–Trinajstić information content (AvgIpc) is 2.14. The summed E-state index contributed by atoms with van der Waals surface area (Å²) in [6.45, 7) is 13.3. The molecule has 3 heteroatoms. The molecule has 0 atom stereocenters. The molecule has 0 saturated carbocycles. The molecule has 2 saturated heterocycles. The molecule has 0 aromatic rings. The Hall–Kier alpha value is -0.120. The van der Waals surface area contributed by atoms with Gasteiger partial charge in [-0.15, -0.1) is 0 Å². The van der Waals surface area contributed by atoms with Crippen molar-refractivity contribution < 1.29 is 4.74 Å². The summed E-state index contributed by atoms with van der Waals surface area (Å²) in [6, 6.07) is 0.753. The van der Waals surface area contributed by atoms with Crippen LogP contribution in [0.25, 0.3) is 0 Å². The van der Waals surface area contributed by atoms with Gasteiger partial charge in [0, 0.05) is 19.1 Å². The highest BCUT2D eigenvalue weighted by atomic mass is 16.5. The summed E-state index contributed by atoms with van der Waals surface area (Å²) in [4.78, 5) is 2.64. The van der Waals surface area contributed by atoms with E-state index in [0.717, 1.165) is 19.1 Å². The zero-order valence-corrected chi connectivity index (χ0v) is 11.2. The summed E-state index contributed by atoms with van der Waals surface area (Å²) in [6.07, 6.45) is 2.57. The third-order valence-corrected chi connectivity index (χ3v) is 3.55. The number of ether oxygens (including phenoxy) is 1. The van der Waals surface area contributed by atoms with E-state index < -0.39 is 0 Å². The van der Waals surface area contributed by atoms with Crippen molar-refractivity contribution in [1.29, 1.82) is 0 Å². The van der Waals surface area contributed by atoms with E-state index in [9.17, 15) is 0 Å². The van der Waals surface area contributed by atoms with Crippen LogP contribution in [0.15, 0.2) is 0 Å². The topological polar surface area (TPSA) is 24.5 Å². The summed E-state index contributed by atoms with van der Waals surface area (Å²) in [7, 11) is 0. The Morgan fingerprint density at radius 2 is 1.50 bits per heavy atom. The molecule has 0 aromatic heterocycles. The van der Waals surface area contributed by atoms with E-state index in [-0.39, 0.29) is 11.2 Å². The van der Waals surface area contributed by atoms with Gasteiger partial charge in [0.1, 0.15) is 0 Å². The molecule has 2 aliphatic rings. The molecule has 16 heavy (non-hydrogen) atoms. The maximum atomic E-state index is 6.12. The van der Waals surface area contributed by atoms with Crippen molar-refractivity contribution in [3.8, 4) is 0 Å². The second-order valence-corrected chi connectivity index (χ2v) is 6.51. The van der Waals surface area contributed by atoms with Crippen LogP contribution < -0.4 is 5.32 Å². The van der Waals surface area contributed by atoms with Gasteiger partial charge in [-0.1, -0.05) is 0 Å². The van der Waals surface area contributed by atoms with E-state index in [4.69, 9.17) is 4.74 Å². The van der Waals surface area contributed by atoms with Crippen molar-refractivity contribution in [3.63, 3.8) is 0 Å². The molecular formula is C13H26N2O. The lowest BCUT2D eigenvalue weighted by molar-refractivity contribution is -0.189. The van der Waals surface area contributed by atoms with Gasteiger partial charge in [-0.2, -0.15) is 0 Å². The van der Waals surface area contributed by atoms with Crippen molar-refractivity contribution in [2.75, 3.05) is 26.2 Å². The smallest absolute Gasteiger partial charge is 0.0760 e. The maximum absolute atomic E-state index is 6.12. The summed E-state index contributed by atoms with van der Waals surface area (Å²) < 4.78 is 6.12. The molecule has 3 nitrogen and oxygen atoms in total. The number of hydrogen-bond acceptors (Lipinski definition) is 3. The summed E-state index contributed by atoms with van der Waals surface area (Å²) in [5.41, 5.74) is -0.0146. The van der Waals surface area contributed by atoms with Gasteiger partial charge >= 0.3 is 0 Å². The van der Waals surface area contributed by atoms with Crippen LogP contribution in [0.3, 0.4) is 0 Å². The van der Waals surface area contributed by atoms with E-state index in [1.54, 1.807) is 0 Å². The fourth-order valence-electron chi connectivity index (χ4n) is 3.28. The lowest BCUT2D eigenvalue weighted by atomic mass is 9.94. The van der Waals surface area contributed by atoms with Crippen molar-refractivity contribution in [3.05, 3.63) is 0 Å². The Labute approximate surface area is 99.5 Å². The van der Waals surface area contributed by atoms with Crippen LogP contribution in [0.5, 0.6) is 0 Å². The number of nitrogens with one attached hydrogen (secondary N) is 1. The van der Waals surface area contributed by atoms with E-state index in [0.29, 0.717) is 0 Å². The zero-order valence-electron chi connectivity index (χ0n) is 11.2. The summed E-state index contributed by atoms with van der Waals surface area (Å²) in [5.74, 6) is 0. The van der Waals surface area contributed by atoms with Crippen molar-refractivity contribution in [2.45, 2.75) is 57.8 Å². The largest absolute Gasteiger partial charge is 0.367 e. The molecule has 2 rings (SSSR count). The first-order valence-corrected chi connectivity index (χ1v) is 6.53. The van der Waals surface area contributed by atoms with Crippen molar-refractivity contribution in [2.24, 2.45) is 0 Å². The number of hydrogen-bond donors (Lipinski definition) is 1. The quantitative estimate of drug-likeness (QED) is 0.735. The van der Waals surface area contributed by atoms with Crippen LogP contribution in [0.1, 0.15) is 40.5 Å². The van der Waals surface area contributed by atoms with Crippen molar-refractivity contribution >= 4 is 0 Å². The molecule has 0 spiro atoms. The number of rotatable bonds is 1. The normalized spacial score (nSPS) is 31.5. The van der Waals surface area contributed by atoms with Gasteiger partial charge in [-0.25, -0.2) is 0 Å². The van der Waals surface area contributed by atoms with Crippen LogP contribution in [0.2, 0.25) is 0 Å². The van der Waals surface area contributed by atoms with Gasteiger partial charge in [0.15, 0.2) is 0 Å². The zero-order chi connectivity index (χ0) is 11.8. The Balaban J connectivity index is 2.03. The summed E-state index contributed by atoms with van der Waals surface area (Å²) >= 11 is 0. The third kappa shape index (κ3) is 2.96. The van der Waals surface area contributed by atoms with E-state index in [1.807, 2.05) is 0 Å². The fraction of sp³-hybridized carbons (Fsp3) is 1.00. The van der Waals surface area contributed by atoms with Crippen molar-refractivity contribution in [1.82, 2.24) is 10.2 Å². The molecule has 2 heterocycles. The number of nitrogens with zero attached hydrogens (tertiary/aromatic N) is 1. The number of morpholine rings is 1. The second-order valence-electron chi connectivity index (χ2n) is 6.51. The molecule has 0 bridgehead atoms. The highest BCUT2D eigenvalue weighted by Crippen LogP contribution is 2.30. The van der Waals surface area contributed by atoms with Gasteiger partial charge in [-0.3, -0.25) is 4.90 Å². The molecular weight excluding hydrogens is 200 g/mol. The highest BCUT2D eigenvalue weighted by Gasteiger charge is 2.40. The molecule has 0 aliphatic carbocycles. The molecule has 94 valence electrons. The third-order valence-electron chi connectivity index (χ3n) is 3.55. The van der Waals surface area contributed by atoms with E-state index in [2.05, 4.69) is 37.9 Å². The molecule has 0 radical (unpaired) electrons. The molecule has 0 aromatic carbocycles. The Morgan fingerprint density at radius 3 is 2.00 bits per heavy atom. The summed E-state index contributed by atoms with van der Waals surface area (Å²) in [5, 5.41) is 3.44.